The molecule has 2 fully saturated rings. The molecule has 2 aromatic rings. The molecule has 0 spiro atoms. The number of H-pyrrole nitrogens is 1. The summed E-state index contributed by atoms with van der Waals surface area (Å²) in [5, 5.41) is 5.12. The number of aromatic amines is 1. The number of aromatic nitrogens is 2. The molecule has 2 saturated heterocycles. The summed E-state index contributed by atoms with van der Waals surface area (Å²) < 4.78 is 5.46. The first-order chi connectivity index (χ1) is 17.3. The first-order valence-electron chi connectivity index (χ1n) is 11.7. The topological polar surface area (TPSA) is 154 Å². The molecular formula is C24H28N6O6. The molecule has 0 saturated carbocycles. The van der Waals surface area contributed by atoms with Crippen LogP contribution >= 0.6 is 0 Å². The number of carbonyl (C=O) groups excluding carboxylic acids is 5. The lowest BCUT2D eigenvalue weighted by Gasteiger charge is -2.31. The molecule has 12 nitrogen and oxygen atoms in total. The number of nitrogens with zero attached hydrogens (tertiary/aromatic N) is 3. The number of amides is 5. The Hall–Kier alpha value is -4.22. The van der Waals surface area contributed by atoms with Crippen molar-refractivity contribution in [1.82, 2.24) is 30.4 Å². The molecule has 3 heterocycles. The third kappa shape index (κ3) is 5.70. The van der Waals surface area contributed by atoms with Crippen molar-refractivity contribution in [3.05, 3.63) is 54.1 Å². The van der Waals surface area contributed by atoms with Crippen LogP contribution in [0.3, 0.4) is 0 Å². The quantitative estimate of drug-likeness (QED) is 0.438. The van der Waals surface area contributed by atoms with Crippen molar-refractivity contribution >= 4 is 29.7 Å². The number of nitrogens with one attached hydrogen (secondary N) is 3. The van der Waals surface area contributed by atoms with E-state index in [1.807, 2.05) is 30.3 Å². The molecule has 3 atom stereocenters. The number of esters is 1. The second-order valence-corrected chi connectivity index (χ2v) is 8.78. The third-order valence-electron chi connectivity index (χ3n) is 6.30. The zero-order valence-corrected chi connectivity index (χ0v) is 19.8. The van der Waals surface area contributed by atoms with Crippen molar-refractivity contribution in [3.8, 4) is 0 Å². The van der Waals surface area contributed by atoms with E-state index in [0.29, 0.717) is 25.1 Å². The second-order valence-electron chi connectivity index (χ2n) is 8.78. The molecule has 36 heavy (non-hydrogen) atoms. The summed E-state index contributed by atoms with van der Waals surface area (Å²) >= 11 is 0. The SMILES string of the molecule is CN1C(=O)C[C@@H](C(=O)N[C@@H](Cc2cnc[nH]2)C(=O)N2CCC[C@H]2C(=O)OCc2ccccc2)NC1=O. The Bertz CT molecular complexity index is 1100. The van der Waals surface area contributed by atoms with Gasteiger partial charge in [-0.25, -0.2) is 14.6 Å². The number of imidazole rings is 1. The van der Waals surface area contributed by atoms with Gasteiger partial charge in [-0.05, 0) is 18.4 Å². The van der Waals surface area contributed by atoms with Crippen LogP contribution in [-0.4, -0.2) is 81.2 Å². The van der Waals surface area contributed by atoms with E-state index < -0.39 is 47.8 Å². The van der Waals surface area contributed by atoms with Crippen molar-refractivity contribution in [2.24, 2.45) is 0 Å². The van der Waals surface area contributed by atoms with Crippen LogP contribution in [0.1, 0.15) is 30.5 Å². The molecule has 0 unspecified atom stereocenters. The van der Waals surface area contributed by atoms with Gasteiger partial charge < -0.3 is 25.3 Å². The predicted octanol–water partition coefficient (Wildman–Crippen LogP) is 0.112. The highest BCUT2D eigenvalue weighted by Gasteiger charge is 2.40. The number of rotatable bonds is 8. The van der Waals surface area contributed by atoms with E-state index in [9.17, 15) is 24.0 Å². The molecule has 4 rings (SSSR count). The molecule has 2 aliphatic rings. The van der Waals surface area contributed by atoms with Gasteiger partial charge in [0.1, 0.15) is 24.7 Å². The summed E-state index contributed by atoms with van der Waals surface area (Å²) in [5.41, 5.74) is 1.43. The van der Waals surface area contributed by atoms with Crippen LogP contribution < -0.4 is 10.6 Å². The van der Waals surface area contributed by atoms with Gasteiger partial charge in [0, 0.05) is 31.9 Å². The lowest BCUT2D eigenvalue weighted by Crippen LogP contribution is -2.61. The molecule has 12 heteroatoms. The van der Waals surface area contributed by atoms with Gasteiger partial charge in [0.15, 0.2) is 0 Å². The van der Waals surface area contributed by atoms with E-state index in [1.54, 1.807) is 0 Å². The Kier molecular flexibility index (Phi) is 7.62. The van der Waals surface area contributed by atoms with Crippen LogP contribution in [0.15, 0.2) is 42.9 Å². The van der Waals surface area contributed by atoms with E-state index in [1.165, 1.54) is 24.5 Å². The Morgan fingerprint density at radius 3 is 2.69 bits per heavy atom. The van der Waals surface area contributed by atoms with Gasteiger partial charge in [0.2, 0.25) is 17.7 Å². The fourth-order valence-corrected chi connectivity index (χ4v) is 4.27. The summed E-state index contributed by atoms with van der Waals surface area (Å²) in [6.45, 7) is 0.430. The molecule has 0 bridgehead atoms. The highest BCUT2D eigenvalue weighted by atomic mass is 16.5. The standard InChI is InChI=1S/C24H28N6O6/c1-29-20(31)11-17(28-24(29)35)21(32)27-18(10-16-12-25-14-26-16)22(33)30-9-5-8-19(30)23(34)36-13-15-6-3-2-4-7-15/h2-4,6-7,12,14,17-19H,5,8-11,13H2,1H3,(H,25,26)(H,27,32)(H,28,35)/t17-,18-,19-/m0/s1. The van der Waals surface area contributed by atoms with Crippen molar-refractivity contribution in [2.45, 2.75) is 50.4 Å². The van der Waals surface area contributed by atoms with Crippen LogP contribution in [-0.2, 0) is 36.9 Å². The summed E-state index contributed by atoms with van der Waals surface area (Å²) in [4.78, 5) is 72.5. The highest BCUT2D eigenvalue weighted by Crippen LogP contribution is 2.21. The normalized spacial score (nSPS) is 20.6. The Morgan fingerprint density at radius 2 is 2.00 bits per heavy atom. The minimum atomic E-state index is -1.11. The number of hydrogen-bond donors (Lipinski definition) is 3. The predicted molar refractivity (Wildman–Crippen MR) is 125 cm³/mol. The zero-order valence-electron chi connectivity index (χ0n) is 19.8. The molecule has 0 radical (unpaired) electrons. The van der Waals surface area contributed by atoms with Gasteiger partial charge in [-0.1, -0.05) is 30.3 Å². The zero-order chi connectivity index (χ0) is 25.7. The minimum Gasteiger partial charge on any atom is -0.459 e. The van der Waals surface area contributed by atoms with Crippen LogP contribution in [0.25, 0.3) is 0 Å². The van der Waals surface area contributed by atoms with Crippen molar-refractivity contribution in [2.75, 3.05) is 13.6 Å². The maximum absolute atomic E-state index is 13.6. The molecule has 2 aliphatic heterocycles. The molecule has 3 N–H and O–H groups in total. The minimum absolute atomic E-state index is 0.0847. The summed E-state index contributed by atoms with van der Waals surface area (Å²) in [6.07, 6.45) is 3.90. The van der Waals surface area contributed by atoms with Crippen molar-refractivity contribution in [3.63, 3.8) is 0 Å². The van der Waals surface area contributed by atoms with E-state index in [0.717, 1.165) is 10.5 Å². The average Bonchev–Trinajstić information content (AvgIpc) is 3.57. The van der Waals surface area contributed by atoms with Crippen LogP contribution in [0.4, 0.5) is 4.79 Å². The van der Waals surface area contributed by atoms with Crippen molar-refractivity contribution < 1.29 is 28.7 Å². The fourth-order valence-electron chi connectivity index (χ4n) is 4.27. The number of imide groups is 1. The summed E-state index contributed by atoms with van der Waals surface area (Å²) in [6, 6.07) is 5.62. The lowest BCUT2D eigenvalue weighted by atomic mass is 10.1. The number of urea groups is 1. The molecule has 1 aromatic carbocycles. The first kappa shape index (κ1) is 24.9. The summed E-state index contributed by atoms with van der Waals surface area (Å²) in [5.74, 6) is -2.13. The van der Waals surface area contributed by atoms with Gasteiger partial charge in [-0.2, -0.15) is 0 Å². The summed E-state index contributed by atoms with van der Waals surface area (Å²) in [7, 11) is 1.32. The van der Waals surface area contributed by atoms with Gasteiger partial charge in [0.25, 0.3) is 0 Å². The lowest BCUT2D eigenvalue weighted by molar-refractivity contribution is -0.155. The maximum Gasteiger partial charge on any atom is 0.329 e. The molecule has 190 valence electrons. The second kappa shape index (κ2) is 11.0. The molecule has 1 aromatic heterocycles. The molecule has 5 amide bonds. The smallest absolute Gasteiger partial charge is 0.329 e. The van der Waals surface area contributed by atoms with Gasteiger partial charge in [-0.15, -0.1) is 0 Å². The number of carbonyl (C=O) groups is 5. The Labute approximate surface area is 207 Å². The number of ether oxygens (including phenoxy) is 1. The van der Waals surface area contributed by atoms with Crippen LogP contribution in [0, 0.1) is 0 Å². The monoisotopic (exact) mass is 496 g/mol. The van der Waals surface area contributed by atoms with Gasteiger partial charge >= 0.3 is 12.0 Å². The van der Waals surface area contributed by atoms with Gasteiger partial charge in [-0.3, -0.25) is 19.3 Å². The van der Waals surface area contributed by atoms with E-state index >= 15 is 0 Å². The van der Waals surface area contributed by atoms with Crippen LogP contribution in [0.5, 0.6) is 0 Å². The highest BCUT2D eigenvalue weighted by molar-refractivity contribution is 6.03. The maximum atomic E-state index is 13.6. The number of hydrogen-bond acceptors (Lipinski definition) is 7. The Balaban J connectivity index is 1.45. The van der Waals surface area contributed by atoms with E-state index in [4.69, 9.17) is 4.74 Å². The van der Waals surface area contributed by atoms with Gasteiger partial charge in [0.05, 0.1) is 12.7 Å². The van der Waals surface area contributed by atoms with E-state index in [-0.39, 0.29) is 19.4 Å². The van der Waals surface area contributed by atoms with E-state index in [2.05, 4.69) is 20.6 Å². The van der Waals surface area contributed by atoms with Crippen LogP contribution in [0.2, 0.25) is 0 Å². The molecule has 0 aliphatic carbocycles. The Morgan fingerprint density at radius 1 is 1.22 bits per heavy atom. The number of likely N-dealkylation sites (tertiary alicyclic amines) is 1. The van der Waals surface area contributed by atoms with Crippen molar-refractivity contribution in [1.29, 1.82) is 0 Å². The average molecular weight is 497 g/mol. The molecular weight excluding hydrogens is 468 g/mol. The number of benzene rings is 1. The largest absolute Gasteiger partial charge is 0.459 e. The first-order valence-corrected chi connectivity index (χ1v) is 11.7. The third-order valence-corrected chi connectivity index (χ3v) is 6.30. The fraction of sp³-hybridized carbons (Fsp3) is 0.417.